The number of hydrogen-bond acceptors (Lipinski definition) is 8. The minimum Gasteiger partial charge on any atom is -0.496 e. The summed E-state index contributed by atoms with van der Waals surface area (Å²) in [5.74, 6) is 1.64. The molecule has 1 aromatic carbocycles. The highest BCUT2D eigenvalue weighted by molar-refractivity contribution is 5.64. The van der Waals surface area contributed by atoms with Crippen LogP contribution in [-0.2, 0) is 24.1 Å². The Morgan fingerprint density at radius 1 is 1.12 bits per heavy atom. The van der Waals surface area contributed by atoms with Crippen LogP contribution in [0.2, 0.25) is 0 Å². The Bertz CT molecular complexity index is 1120. The van der Waals surface area contributed by atoms with Gasteiger partial charge in [-0.2, -0.15) is 0 Å². The first-order valence-electron chi connectivity index (χ1n) is 11.4. The zero-order chi connectivity index (χ0) is 22.8. The lowest BCUT2D eigenvalue weighted by molar-refractivity contribution is -0.0348. The van der Waals surface area contributed by atoms with Crippen LogP contribution in [0.3, 0.4) is 0 Å². The Labute approximate surface area is 194 Å². The number of nitrogens with zero attached hydrogens (tertiary/aromatic N) is 6. The molecule has 0 amide bonds. The summed E-state index contributed by atoms with van der Waals surface area (Å²) in [6, 6.07) is 4.57. The molecule has 0 N–H and O–H groups in total. The van der Waals surface area contributed by atoms with Crippen molar-refractivity contribution in [3.8, 4) is 16.9 Å². The molecular formula is C25H30N6O2. The topological polar surface area (TPSA) is 76.5 Å². The van der Waals surface area contributed by atoms with E-state index in [4.69, 9.17) is 14.5 Å². The molecule has 1 aliphatic carbocycles. The molecule has 2 aromatic heterocycles. The molecule has 2 aliphatic rings. The van der Waals surface area contributed by atoms with Crippen molar-refractivity contribution in [3.63, 3.8) is 0 Å². The summed E-state index contributed by atoms with van der Waals surface area (Å²) in [6.07, 6.45) is 10.3. The van der Waals surface area contributed by atoms with E-state index >= 15 is 0 Å². The molecule has 0 unspecified atom stereocenters. The van der Waals surface area contributed by atoms with Crippen LogP contribution in [0.25, 0.3) is 11.1 Å². The van der Waals surface area contributed by atoms with Crippen LogP contribution in [0.15, 0.2) is 37.1 Å². The average molecular weight is 447 g/mol. The van der Waals surface area contributed by atoms with Crippen LogP contribution in [0, 0.1) is 0 Å². The first-order valence-corrected chi connectivity index (χ1v) is 11.4. The molecule has 1 atom stereocenters. The molecule has 3 aromatic rings. The van der Waals surface area contributed by atoms with Gasteiger partial charge in [0.1, 0.15) is 18.2 Å². The smallest absolute Gasteiger partial charge is 0.225 e. The molecule has 33 heavy (non-hydrogen) atoms. The van der Waals surface area contributed by atoms with E-state index in [1.54, 1.807) is 19.5 Å². The minimum atomic E-state index is -0.170. The van der Waals surface area contributed by atoms with Crippen LogP contribution in [-0.4, -0.2) is 65.7 Å². The first kappa shape index (κ1) is 21.7. The molecule has 1 fully saturated rings. The highest BCUT2D eigenvalue weighted by atomic mass is 16.5. The van der Waals surface area contributed by atoms with Crippen LogP contribution in [0.1, 0.15) is 34.9 Å². The summed E-state index contributed by atoms with van der Waals surface area (Å²) in [5, 5.41) is 0. The van der Waals surface area contributed by atoms with Gasteiger partial charge >= 0.3 is 0 Å². The van der Waals surface area contributed by atoms with Crippen molar-refractivity contribution < 1.29 is 9.47 Å². The summed E-state index contributed by atoms with van der Waals surface area (Å²) in [5.41, 5.74) is 6.80. The van der Waals surface area contributed by atoms with E-state index in [2.05, 4.69) is 32.0 Å². The fourth-order valence-corrected chi connectivity index (χ4v) is 4.73. The third-order valence-electron chi connectivity index (χ3n) is 6.42. The van der Waals surface area contributed by atoms with Gasteiger partial charge in [-0.3, -0.25) is 4.90 Å². The maximum absolute atomic E-state index is 6.24. The zero-order valence-corrected chi connectivity index (χ0v) is 19.5. The molecule has 8 heteroatoms. The highest BCUT2D eigenvalue weighted by Gasteiger charge is 2.28. The van der Waals surface area contributed by atoms with E-state index in [9.17, 15) is 0 Å². The molecule has 0 spiro atoms. The van der Waals surface area contributed by atoms with Crippen LogP contribution in [0.5, 0.6) is 5.75 Å². The van der Waals surface area contributed by atoms with Gasteiger partial charge in [-0.25, -0.2) is 19.9 Å². The van der Waals surface area contributed by atoms with Crippen molar-refractivity contribution in [1.29, 1.82) is 0 Å². The number of benzene rings is 1. The number of morpholine rings is 1. The van der Waals surface area contributed by atoms with Gasteiger partial charge in [-0.15, -0.1) is 0 Å². The molecule has 8 nitrogen and oxygen atoms in total. The van der Waals surface area contributed by atoms with Gasteiger partial charge in [0, 0.05) is 69.0 Å². The summed E-state index contributed by atoms with van der Waals surface area (Å²) >= 11 is 0. The molecule has 3 heterocycles. The SMILES string of the molecule is COc1cc2c(cc1CN1CCO[C@@H](c3nc(N(C)C)ncc3-c3cncnc3)C1)CCC2. The van der Waals surface area contributed by atoms with Gasteiger partial charge < -0.3 is 14.4 Å². The average Bonchev–Trinajstić information content (AvgIpc) is 3.31. The predicted molar refractivity (Wildman–Crippen MR) is 126 cm³/mol. The molecule has 0 saturated carbocycles. The molecule has 0 bridgehead atoms. The van der Waals surface area contributed by atoms with Gasteiger partial charge in [0.15, 0.2) is 0 Å². The Kier molecular flexibility index (Phi) is 6.20. The summed E-state index contributed by atoms with van der Waals surface area (Å²) in [4.78, 5) is 22.1. The summed E-state index contributed by atoms with van der Waals surface area (Å²) < 4.78 is 12.0. The number of aryl methyl sites for hydroxylation is 2. The zero-order valence-electron chi connectivity index (χ0n) is 19.5. The number of fused-ring (bicyclic) bond motifs is 1. The Morgan fingerprint density at radius 2 is 1.91 bits per heavy atom. The fraction of sp³-hybridized carbons (Fsp3) is 0.440. The number of methoxy groups -OCH3 is 1. The molecule has 172 valence electrons. The van der Waals surface area contributed by atoms with Crippen molar-refractivity contribution in [2.75, 3.05) is 45.8 Å². The third-order valence-corrected chi connectivity index (χ3v) is 6.42. The maximum atomic E-state index is 6.24. The Hall–Kier alpha value is -3.10. The molecule has 1 saturated heterocycles. The number of ether oxygens (including phenoxy) is 2. The van der Waals surface area contributed by atoms with Crippen molar-refractivity contribution in [1.82, 2.24) is 24.8 Å². The van der Waals surface area contributed by atoms with E-state index in [0.717, 1.165) is 55.0 Å². The number of rotatable bonds is 6. The first-order chi connectivity index (χ1) is 16.1. The lowest BCUT2D eigenvalue weighted by atomic mass is 10.0. The van der Waals surface area contributed by atoms with Crippen molar-refractivity contribution in [3.05, 3.63) is 59.4 Å². The van der Waals surface area contributed by atoms with Crippen molar-refractivity contribution in [2.24, 2.45) is 0 Å². The minimum absolute atomic E-state index is 0.170. The number of hydrogen-bond donors (Lipinski definition) is 0. The van der Waals surface area contributed by atoms with Crippen molar-refractivity contribution >= 4 is 5.95 Å². The van der Waals surface area contributed by atoms with E-state index in [0.29, 0.717) is 12.6 Å². The van der Waals surface area contributed by atoms with Gasteiger partial charge in [-0.1, -0.05) is 6.07 Å². The molecular weight excluding hydrogens is 416 g/mol. The molecule has 0 radical (unpaired) electrons. The van der Waals surface area contributed by atoms with Crippen LogP contribution >= 0.6 is 0 Å². The Balaban J connectivity index is 1.43. The van der Waals surface area contributed by atoms with E-state index < -0.39 is 0 Å². The molecule has 5 rings (SSSR count). The number of anilines is 1. The molecule has 1 aliphatic heterocycles. The largest absolute Gasteiger partial charge is 0.496 e. The van der Waals surface area contributed by atoms with Gasteiger partial charge in [-0.05, 0) is 36.5 Å². The quantitative estimate of drug-likeness (QED) is 0.572. The van der Waals surface area contributed by atoms with E-state index in [1.165, 1.54) is 29.4 Å². The van der Waals surface area contributed by atoms with Crippen LogP contribution in [0.4, 0.5) is 5.95 Å². The monoisotopic (exact) mass is 446 g/mol. The maximum Gasteiger partial charge on any atom is 0.225 e. The fourth-order valence-electron chi connectivity index (χ4n) is 4.73. The normalized spacial score (nSPS) is 18.2. The lowest BCUT2D eigenvalue weighted by Gasteiger charge is -2.34. The standard InChI is InChI=1S/C25H30N6O2/c1-30(2)25-28-13-21(20-11-26-16-27-12-20)24(29-25)23-15-31(7-8-33-23)14-19-9-17-5-4-6-18(17)10-22(19)32-3/h9-13,16,23H,4-8,14-15H2,1-3H3/t23-/m1/s1. The second kappa shape index (κ2) is 9.41. The van der Waals surface area contributed by atoms with Gasteiger partial charge in [0.25, 0.3) is 0 Å². The van der Waals surface area contributed by atoms with Gasteiger partial charge in [0.05, 0.1) is 19.4 Å². The van der Waals surface area contributed by atoms with E-state index in [-0.39, 0.29) is 6.10 Å². The summed E-state index contributed by atoms with van der Waals surface area (Å²) in [6.45, 7) is 3.08. The highest BCUT2D eigenvalue weighted by Crippen LogP contribution is 2.34. The van der Waals surface area contributed by atoms with Crippen molar-refractivity contribution in [2.45, 2.75) is 31.9 Å². The second-order valence-electron chi connectivity index (χ2n) is 8.87. The third kappa shape index (κ3) is 4.54. The lowest BCUT2D eigenvalue weighted by Crippen LogP contribution is -2.38. The number of aromatic nitrogens is 4. The second-order valence-corrected chi connectivity index (χ2v) is 8.87. The van der Waals surface area contributed by atoms with Gasteiger partial charge in [0.2, 0.25) is 5.95 Å². The summed E-state index contributed by atoms with van der Waals surface area (Å²) in [7, 11) is 5.65. The van der Waals surface area contributed by atoms with Crippen LogP contribution < -0.4 is 9.64 Å². The predicted octanol–water partition coefficient (Wildman–Crippen LogP) is 3.07. The van der Waals surface area contributed by atoms with E-state index in [1.807, 2.05) is 25.2 Å². The Morgan fingerprint density at radius 3 is 2.67 bits per heavy atom.